The van der Waals surface area contributed by atoms with Crippen LogP contribution in [0.2, 0.25) is 0 Å². The molecule has 100 valence electrons. The van der Waals surface area contributed by atoms with Crippen molar-refractivity contribution in [2.24, 2.45) is 0 Å². The summed E-state index contributed by atoms with van der Waals surface area (Å²) >= 11 is 0. The lowest BCUT2D eigenvalue weighted by Crippen LogP contribution is -2.40. The van der Waals surface area contributed by atoms with Crippen LogP contribution in [0.3, 0.4) is 0 Å². The van der Waals surface area contributed by atoms with Crippen molar-refractivity contribution in [3.05, 3.63) is 24.2 Å². The third kappa shape index (κ3) is 4.21. The smallest absolute Gasteiger partial charge is 0.287 e. The summed E-state index contributed by atoms with van der Waals surface area (Å²) < 4.78 is 4.91. The molecule has 0 aliphatic carbocycles. The SMILES string of the molecule is CCN(CCCO)C(=O)CNC(=O)c1ccco1. The van der Waals surface area contributed by atoms with Gasteiger partial charge in [-0.1, -0.05) is 0 Å². The third-order valence-electron chi connectivity index (χ3n) is 2.47. The Bertz CT molecular complexity index is 375. The highest BCUT2D eigenvalue weighted by Crippen LogP contribution is 1.99. The van der Waals surface area contributed by atoms with Crippen molar-refractivity contribution in [1.82, 2.24) is 10.2 Å². The van der Waals surface area contributed by atoms with E-state index in [1.165, 1.54) is 12.3 Å². The maximum absolute atomic E-state index is 11.8. The van der Waals surface area contributed by atoms with E-state index in [4.69, 9.17) is 9.52 Å². The molecule has 0 spiro atoms. The van der Waals surface area contributed by atoms with Crippen molar-refractivity contribution in [2.45, 2.75) is 13.3 Å². The van der Waals surface area contributed by atoms with E-state index in [2.05, 4.69) is 5.32 Å². The van der Waals surface area contributed by atoms with Crippen LogP contribution in [-0.2, 0) is 4.79 Å². The van der Waals surface area contributed by atoms with Crippen LogP contribution in [0.25, 0.3) is 0 Å². The Balaban J connectivity index is 2.37. The van der Waals surface area contributed by atoms with Gasteiger partial charge in [-0.3, -0.25) is 9.59 Å². The van der Waals surface area contributed by atoms with Crippen LogP contribution in [-0.4, -0.2) is 48.1 Å². The summed E-state index contributed by atoms with van der Waals surface area (Å²) in [5, 5.41) is 11.2. The van der Waals surface area contributed by atoms with Gasteiger partial charge in [-0.05, 0) is 25.5 Å². The molecule has 0 aliphatic heterocycles. The average Bonchev–Trinajstić information content (AvgIpc) is 2.90. The lowest BCUT2D eigenvalue weighted by molar-refractivity contribution is -0.130. The fraction of sp³-hybridized carbons (Fsp3) is 0.500. The minimum absolute atomic E-state index is 0.0442. The highest BCUT2D eigenvalue weighted by molar-refractivity contribution is 5.94. The third-order valence-corrected chi connectivity index (χ3v) is 2.47. The summed E-state index contributed by atoms with van der Waals surface area (Å²) in [5.41, 5.74) is 0. The molecule has 18 heavy (non-hydrogen) atoms. The van der Waals surface area contributed by atoms with Gasteiger partial charge in [-0.2, -0.15) is 0 Å². The van der Waals surface area contributed by atoms with Gasteiger partial charge in [0.25, 0.3) is 5.91 Å². The van der Waals surface area contributed by atoms with E-state index in [0.717, 1.165) is 0 Å². The summed E-state index contributed by atoms with van der Waals surface area (Å²) in [6, 6.07) is 3.14. The van der Waals surface area contributed by atoms with Gasteiger partial charge in [0.15, 0.2) is 5.76 Å². The average molecular weight is 254 g/mol. The van der Waals surface area contributed by atoms with Gasteiger partial charge in [-0.25, -0.2) is 0 Å². The number of nitrogens with zero attached hydrogens (tertiary/aromatic N) is 1. The van der Waals surface area contributed by atoms with Gasteiger partial charge in [0, 0.05) is 19.7 Å². The molecule has 1 aromatic heterocycles. The zero-order valence-corrected chi connectivity index (χ0v) is 10.4. The normalized spacial score (nSPS) is 10.1. The quantitative estimate of drug-likeness (QED) is 0.730. The molecule has 0 fully saturated rings. The number of hydrogen-bond acceptors (Lipinski definition) is 4. The number of carbonyl (C=O) groups is 2. The van der Waals surface area contributed by atoms with E-state index in [1.54, 1.807) is 11.0 Å². The van der Waals surface area contributed by atoms with Crippen LogP contribution < -0.4 is 5.32 Å². The van der Waals surface area contributed by atoms with Crippen LogP contribution in [0.1, 0.15) is 23.9 Å². The topological polar surface area (TPSA) is 82.8 Å². The van der Waals surface area contributed by atoms with E-state index in [1.807, 2.05) is 6.92 Å². The largest absolute Gasteiger partial charge is 0.459 e. The highest BCUT2D eigenvalue weighted by atomic mass is 16.3. The summed E-state index contributed by atoms with van der Waals surface area (Å²) in [5.74, 6) is -0.404. The maximum Gasteiger partial charge on any atom is 0.287 e. The molecular weight excluding hydrogens is 236 g/mol. The molecule has 2 N–H and O–H groups in total. The number of aliphatic hydroxyl groups excluding tert-OH is 1. The van der Waals surface area contributed by atoms with Crippen molar-refractivity contribution in [1.29, 1.82) is 0 Å². The van der Waals surface area contributed by atoms with Crippen molar-refractivity contribution in [2.75, 3.05) is 26.2 Å². The summed E-state index contributed by atoms with van der Waals surface area (Å²) in [4.78, 5) is 24.9. The van der Waals surface area contributed by atoms with E-state index in [0.29, 0.717) is 19.5 Å². The van der Waals surface area contributed by atoms with Gasteiger partial charge >= 0.3 is 0 Å². The Morgan fingerprint density at radius 1 is 1.50 bits per heavy atom. The van der Waals surface area contributed by atoms with Crippen molar-refractivity contribution >= 4 is 11.8 Å². The van der Waals surface area contributed by atoms with E-state index in [-0.39, 0.29) is 24.8 Å². The Morgan fingerprint density at radius 2 is 2.28 bits per heavy atom. The minimum atomic E-state index is -0.411. The number of furan rings is 1. The van der Waals surface area contributed by atoms with E-state index >= 15 is 0 Å². The fourth-order valence-corrected chi connectivity index (χ4v) is 1.48. The van der Waals surface area contributed by atoms with Crippen molar-refractivity contribution in [3.8, 4) is 0 Å². The van der Waals surface area contributed by atoms with Crippen LogP contribution in [0, 0.1) is 0 Å². The number of nitrogens with one attached hydrogen (secondary N) is 1. The van der Waals surface area contributed by atoms with Crippen molar-refractivity contribution in [3.63, 3.8) is 0 Å². The number of hydrogen-bond donors (Lipinski definition) is 2. The Hall–Kier alpha value is -1.82. The molecule has 0 atom stereocenters. The molecule has 0 saturated heterocycles. The number of amides is 2. The maximum atomic E-state index is 11.8. The second-order valence-corrected chi connectivity index (χ2v) is 3.71. The van der Waals surface area contributed by atoms with E-state index in [9.17, 15) is 9.59 Å². The number of likely N-dealkylation sites (N-methyl/N-ethyl adjacent to an activating group) is 1. The summed E-state index contributed by atoms with van der Waals surface area (Å²) in [6.45, 7) is 2.86. The molecule has 2 amide bonds. The predicted octanol–water partition coefficient (Wildman–Crippen LogP) is 0.240. The highest BCUT2D eigenvalue weighted by Gasteiger charge is 2.14. The molecule has 0 bridgehead atoms. The first-order chi connectivity index (χ1) is 8.69. The molecule has 1 aromatic rings. The Morgan fingerprint density at radius 3 is 2.83 bits per heavy atom. The van der Waals surface area contributed by atoms with Crippen molar-refractivity contribution < 1.29 is 19.1 Å². The first kappa shape index (κ1) is 14.2. The second-order valence-electron chi connectivity index (χ2n) is 3.71. The Kier molecular flexibility index (Phi) is 5.93. The second kappa shape index (κ2) is 7.50. The van der Waals surface area contributed by atoms with E-state index < -0.39 is 5.91 Å². The van der Waals surface area contributed by atoms with Gasteiger partial charge < -0.3 is 19.7 Å². The first-order valence-corrected chi connectivity index (χ1v) is 5.89. The van der Waals surface area contributed by atoms with Gasteiger partial charge in [0.05, 0.1) is 12.8 Å². The fourth-order valence-electron chi connectivity index (χ4n) is 1.48. The Labute approximate surface area is 106 Å². The number of carbonyl (C=O) groups excluding carboxylic acids is 2. The lowest BCUT2D eigenvalue weighted by Gasteiger charge is -2.20. The summed E-state index contributed by atoms with van der Waals surface area (Å²) in [7, 11) is 0. The summed E-state index contributed by atoms with van der Waals surface area (Å²) in [6.07, 6.45) is 1.93. The van der Waals surface area contributed by atoms with Gasteiger partial charge in [-0.15, -0.1) is 0 Å². The minimum Gasteiger partial charge on any atom is -0.459 e. The lowest BCUT2D eigenvalue weighted by atomic mass is 10.3. The van der Waals surface area contributed by atoms with Gasteiger partial charge in [0.1, 0.15) is 0 Å². The molecule has 1 heterocycles. The van der Waals surface area contributed by atoms with Crippen LogP contribution >= 0.6 is 0 Å². The molecule has 0 aromatic carbocycles. The van der Waals surface area contributed by atoms with Gasteiger partial charge in [0.2, 0.25) is 5.91 Å². The monoisotopic (exact) mass is 254 g/mol. The molecule has 6 heteroatoms. The number of rotatable bonds is 7. The molecule has 0 saturated carbocycles. The standard InChI is InChI=1S/C12H18N2O4/c1-2-14(6-4-7-15)11(16)9-13-12(17)10-5-3-8-18-10/h3,5,8,15H,2,4,6-7,9H2,1H3,(H,13,17). The zero-order chi connectivity index (χ0) is 13.4. The molecule has 0 unspecified atom stereocenters. The molecular formula is C12H18N2O4. The predicted molar refractivity (Wildman–Crippen MR) is 65.0 cm³/mol. The molecule has 0 aliphatic rings. The molecule has 0 radical (unpaired) electrons. The van der Waals surface area contributed by atoms with Crippen LogP contribution in [0.15, 0.2) is 22.8 Å². The first-order valence-electron chi connectivity index (χ1n) is 5.89. The van der Waals surface area contributed by atoms with Crippen LogP contribution in [0.4, 0.5) is 0 Å². The molecule has 6 nitrogen and oxygen atoms in total. The van der Waals surface area contributed by atoms with Crippen LogP contribution in [0.5, 0.6) is 0 Å². The molecule has 1 rings (SSSR count). The number of aliphatic hydroxyl groups is 1. The zero-order valence-electron chi connectivity index (χ0n) is 10.4.